The number of anilines is 2. The molecule has 0 saturated carbocycles. The van der Waals surface area contributed by atoms with Gasteiger partial charge in [0.1, 0.15) is 17.2 Å². The minimum absolute atomic E-state index is 0.155. The number of amides is 2. The number of hydrogen-bond donors (Lipinski definition) is 2. The van der Waals surface area contributed by atoms with Crippen LogP contribution in [-0.2, 0) is 4.79 Å². The largest absolute Gasteiger partial charge is 0.494 e. The van der Waals surface area contributed by atoms with Crippen LogP contribution in [0.15, 0.2) is 60.7 Å². The molecule has 0 spiro atoms. The Kier molecular flexibility index (Phi) is 6.49. The third kappa shape index (κ3) is 5.09. The molecule has 0 aromatic heterocycles. The summed E-state index contributed by atoms with van der Waals surface area (Å²) in [6, 6.07) is 17.0. The molecule has 9 heteroatoms. The highest BCUT2D eigenvalue weighted by Crippen LogP contribution is 2.37. The maximum atomic E-state index is 12.5. The maximum Gasteiger partial charge on any atom is 0.262 e. The van der Waals surface area contributed by atoms with Gasteiger partial charge in [-0.2, -0.15) is 0 Å². The first-order valence-corrected chi connectivity index (χ1v) is 10.0. The van der Waals surface area contributed by atoms with Crippen molar-refractivity contribution < 1.29 is 33.3 Å². The van der Waals surface area contributed by atoms with E-state index in [-0.39, 0.29) is 19.3 Å². The first-order valence-electron chi connectivity index (χ1n) is 10.0. The molecule has 0 fully saturated rings. The average Bonchev–Trinajstić information content (AvgIpc) is 3.31. The molecular weight excluding hydrogens is 428 g/mol. The fourth-order valence-electron chi connectivity index (χ4n) is 3.18. The summed E-state index contributed by atoms with van der Waals surface area (Å²) in [4.78, 5) is 25.0. The zero-order valence-corrected chi connectivity index (χ0v) is 18.0. The van der Waals surface area contributed by atoms with Crippen molar-refractivity contribution in [2.45, 2.75) is 0 Å². The van der Waals surface area contributed by atoms with Gasteiger partial charge in [0.2, 0.25) is 6.79 Å². The molecule has 1 aliphatic rings. The fraction of sp³-hybridized carbons (Fsp3) is 0.167. The third-order valence-corrected chi connectivity index (χ3v) is 4.79. The number of benzene rings is 3. The van der Waals surface area contributed by atoms with Crippen LogP contribution in [0.2, 0.25) is 0 Å². The van der Waals surface area contributed by atoms with Gasteiger partial charge in [-0.25, -0.2) is 0 Å². The van der Waals surface area contributed by atoms with Crippen LogP contribution < -0.4 is 34.3 Å². The lowest BCUT2D eigenvalue weighted by atomic mass is 10.2. The molecule has 33 heavy (non-hydrogen) atoms. The molecule has 2 amide bonds. The molecule has 0 radical (unpaired) electrons. The molecule has 0 saturated heterocycles. The minimum atomic E-state index is -0.408. The number of methoxy groups -OCH3 is 2. The fourth-order valence-corrected chi connectivity index (χ4v) is 3.18. The second kappa shape index (κ2) is 9.82. The normalized spacial score (nSPS) is 11.5. The Morgan fingerprint density at radius 1 is 0.848 bits per heavy atom. The predicted molar refractivity (Wildman–Crippen MR) is 121 cm³/mol. The summed E-state index contributed by atoms with van der Waals surface area (Å²) < 4.78 is 26.9. The highest BCUT2D eigenvalue weighted by atomic mass is 16.7. The molecule has 1 heterocycles. The van der Waals surface area contributed by atoms with Crippen LogP contribution in [0, 0.1) is 0 Å². The Balaban J connectivity index is 1.44. The van der Waals surface area contributed by atoms with Crippen LogP contribution in [0.3, 0.4) is 0 Å². The Bertz CT molecular complexity index is 1160. The van der Waals surface area contributed by atoms with E-state index in [2.05, 4.69) is 10.6 Å². The summed E-state index contributed by atoms with van der Waals surface area (Å²) in [6.45, 7) is -0.0830. The zero-order valence-electron chi connectivity index (χ0n) is 18.0. The lowest BCUT2D eigenvalue weighted by Gasteiger charge is -2.16. The van der Waals surface area contributed by atoms with Gasteiger partial charge < -0.3 is 34.3 Å². The molecule has 0 unspecified atom stereocenters. The second-order valence-electron chi connectivity index (χ2n) is 6.92. The van der Waals surface area contributed by atoms with Crippen molar-refractivity contribution in [2.75, 3.05) is 38.3 Å². The Hall–Kier alpha value is -4.40. The minimum Gasteiger partial charge on any atom is -0.494 e. The zero-order chi connectivity index (χ0) is 23.2. The monoisotopic (exact) mass is 450 g/mol. The van der Waals surface area contributed by atoms with E-state index in [0.29, 0.717) is 45.7 Å². The van der Waals surface area contributed by atoms with Crippen molar-refractivity contribution in [3.8, 4) is 28.7 Å². The third-order valence-electron chi connectivity index (χ3n) is 4.79. The van der Waals surface area contributed by atoms with Gasteiger partial charge in [-0.3, -0.25) is 9.59 Å². The van der Waals surface area contributed by atoms with Crippen LogP contribution in [0.4, 0.5) is 11.4 Å². The Morgan fingerprint density at radius 2 is 1.52 bits per heavy atom. The Morgan fingerprint density at radius 3 is 2.21 bits per heavy atom. The van der Waals surface area contributed by atoms with Crippen molar-refractivity contribution in [3.63, 3.8) is 0 Å². The van der Waals surface area contributed by atoms with Crippen LogP contribution in [0.25, 0.3) is 0 Å². The van der Waals surface area contributed by atoms with Gasteiger partial charge in [-0.05, 0) is 24.3 Å². The summed E-state index contributed by atoms with van der Waals surface area (Å²) in [5.41, 5.74) is 1.26. The second-order valence-corrected chi connectivity index (χ2v) is 6.92. The maximum absolute atomic E-state index is 12.5. The first kappa shape index (κ1) is 21.8. The molecule has 1 aliphatic heterocycles. The van der Waals surface area contributed by atoms with Crippen LogP contribution >= 0.6 is 0 Å². The lowest BCUT2D eigenvalue weighted by Crippen LogP contribution is -2.21. The summed E-state index contributed by atoms with van der Waals surface area (Å²) in [6.07, 6.45) is 0. The van der Waals surface area contributed by atoms with E-state index in [1.807, 2.05) is 6.07 Å². The van der Waals surface area contributed by atoms with Crippen molar-refractivity contribution in [3.05, 3.63) is 66.2 Å². The van der Waals surface area contributed by atoms with Gasteiger partial charge in [0.15, 0.2) is 18.1 Å². The van der Waals surface area contributed by atoms with E-state index in [1.54, 1.807) is 54.6 Å². The van der Waals surface area contributed by atoms with Gasteiger partial charge in [0.25, 0.3) is 11.8 Å². The summed E-state index contributed by atoms with van der Waals surface area (Å²) in [7, 11) is 2.93. The van der Waals surface area contributed by atoms with Gasteiger partial charge in [0, 0.05) is 23.8 Å². The van der Waals surface area contributed by atoms with Crippen LogP contribution in [0.5, 0.6) is 28.7 Å². The average molecular weight is 450 g/mol. The number of nitrogens with one attached hydrogen (secondary N) is 2. The highest BCUT2D eigenvalue weighted by Gasteiger charge is 2.17. The van der Waals surface area contributed by atoms with Crippen molar-refractivity contribution >= 4 is 23.2 Å². The molecule has 3 aromatic rings. The number of fused-ring (bicyclic) bond motifs is 1. The number of rotatable bonds is 8. The first-order chi connectivity index (χ1) is 16.1. The van der Waals surface area contributed by atoms with E-state index >= 15 is 0 Å². The molecule has 170 valence electrons. The SMILES string of the molecule is COc1cc(NC(=O)c2ccccc2)c(OC)cc1NC(=O)COc1ccc2c(c1)OCO2. The summed E-state index contributed by atoms with van der Waals surface area (Å²) in [5, 5.41) is 5.53. The number of carbonyl (C=O) groups excluding carboxylic acids is 2. The molecule has 2 N–H and O–H groups in total. The molecule has 0 aliphatic carbocycles. The van der Waals surface area contributed by atoms with E-state index in [1.165, 1.54) is 14.2 Å². The molecular formula is C24H22N2O7. The van der Waals surface area contributed by atoms with Crippen molar-refractivity contribution in [2.24, 2.45) is 0 Å². The standard InChI is InChI=1S/C24H22N2O7/c1-29-20-12-18(26-24(28)15-6-4-3-5-7-15)21(30-2)11-17(20)25-23(27)13-31-16-8-9-19-22(10-16)33-14-32-19/h3-12H,13-14H2,1-2H3,(H,25,27)(H,26,28). The quantitative estimate of drug-likeness (QED) is 0.539. The number of carbonyl (C=O) groups is 2. The van der Waals surface area contributed by atoms with Gasteiger partial charge in [-0.15, -0.1) is 0 Å². The molecule has 3 aromatic carbocycles. The van der Waals surface area contributed by atoms with Crippen LogP contribution in [-0.4, -0.2) is 39.4 Å². The lowest BCUT2D eigenvalue weighted by molar-refractivity contribution is -0.118. The van der Waals surface area contributed by atoms with Gasteiger partial charge in [-0.1, -0.05) is 18.2 Å². The van der Waals surface area contributed by atoms with Gasteiger partial charge >= 0.3 is 0 Å². The molecule has 4 rings (SSSR count). The van der Waals surface area contributed by atoms with Crippen LogP contribution in [0.1, 0.15) is 10.4 Å². The van der Waals surface area contributed by atoms with E-state index in [9.17, 15) is 9.59 Å². The summed E-state index contributed by atoms with van der Waals surface area (Å²) >= 11 is 0. The van der Waals surface area contributed by atoms with Gasteiger partial charge in [0.05, 0.1) is 25.6 Å². The summed E-state index contributed by atoms with van der Waals surface area (Å²) in [5.74, 6) is 1.65. The number of hydrogen-bond acceptors (Lipinski definition) is 7. The highest BCUT2D eigenvalue weighted by molar-refractivity contribution is 6.05. The van der Waals surface area contributed by atoms with E-state index in [4.69, 9.17) is 23.7 Å². The van der Waals surface area contributed by atoms with E-state index in [0.717, 1.165) is 0 Å². The smallest absolute Gasteiger partial charge is 0.262 e. The number of ether oxygens (including phenoxy) is 5. The molecule has 0 bridgehead atoms. The van der Waals surface area contributed by atoms with Crippen molar-refractivity contribution in [1.29, 1.82) is 0 Å². The van der Waals surface area contributed by atoms with Crippen molar-refractivity contribution in [1.82, 2.24) is 0 Å². The molecule has 9 nitrogen and oxygen atoms in total. The predicted octanol–water partition coefficient (Wildman–Crippen LogP) is 3.70. The van der Waals surface area contributed by atoms with E-state index < -0.39 is 5.91 Å². The molecule has 0 atom stereocenters. The Labute approximate surface area is 190 Å². The topological polar surface area (TPSA) is 104 Å².